The Labute approximate surface area is 183 Å². The van der Waals surface area contributed by atoms with Crippen molar-refractivity contribution in [2.24, 2.45) is 5.73 Å². The summed E-state index contributed by atoms with van der Waals surface area (Å²) < 4.78 is 9.27. The second-order valence-electron chi connectivity index (χ2n) is 6.92. The Bertz CT molecular complexity index is 1280. The molecule has 2 N–H and O–H groups in total. The Morgan fingerprint density at radius 3 is 2.63 bits per heavy atom. The molecular weight excluding hydrogens is 423 g/mol. The van der Waals surface area contributed by atoms with E-state index in [1.807, 2.05) is 30.5 Å². The number of nitrogens with two attached hydrogens (primary N) is 1. The summed E-state index contributed by atoms with van der Waals surface area (Å²) in [6.07, 6.45) is 1.98. The highest BCUT2D eigenvalue weighted by atomic mass is 35.5. The molecule has 0 fully saturated rings. The maximum Gasteiger partial charge on any atom is 0.277 e. The van der Waals surface area contributed by atoms with E-state index in [0.29, 0.717) is 53.1 Å². The molecule has 0 saturated carbocycles. The zero-order valence-corrected chi connectivity index (χ0v) is 18.1. The molecule has 6 nitrogen and oxygen atoms in total. The minimum absolute atomic E-state index is 0.198. The third kappa shape index (κ3) is 3.72. The van der Waals surface area contributed by atoms with Crippen molar-refractivity contribution in [2.45, 2.75) is 20.0 Å². The van der Waals surface area contributed by atoms with Gasteiger partial charge in [-0.2, -0.15) is 0 Å². The summed E-state index contributed by atoms with van der Waals surface area (Å²) in [7, 11) is 0. The Kier molecular flexibility index (Phi) is 6.11. The Morgan fingerprint density at radius 2 is 1.87 bits per heavy atom. The summed E-state index contributed by atoms with van der Waals surface area (Å²) in [6.45, 7) is 4.42. The summed E-state index contributed by atoms with van der Waals surface area (Å²) in [6, 6.07) is 11.4. The van der Waals surface area contributed by atoms with Crippen molar-refractivity contribution in [3.63, 3.8) is 0 Å². The van der Waals surface area contributed by atoms with Crippen LogP contribution in [0, 0.1) is 0 Å². The first kappa shape index (κ1) is 20.9. The van der Waals surface area contributed by atoms with Crippen molar-refractivity contribution < 1.29 is 4.74 Å². The normalized spacial score (nSPS) is 11.6. The van der Waals surface area contributed by atoms with E-state index < -0.39 is 0 Å². The molecule has 0 aliphatic heterocycles. The van der Waals surface area contributed by atoms with Crippen LogP contribution < -0.4 is 11.3 Å². The van der Waals surface area contributed by atoms with E-state index in [9.17, 15) is 4.79 Å². The molecule has 4 aromatic rings. The topological polar surface area (TPSA) is 75.1 Å². The monoisotopic (exact) mass is 444 g/mol. The van der Waals surface area contributed by atoms with Gasteiger partial charge < -0.3 is 19.6 Å². The number of hydrogen-bond donors (Lipinski definition) is 1. The van der Waals surface area contributed by atoms with E-state index in [-0.39, 0.29) is 5.56 Å². The van der Waals surface area contributed by atoms with E-state index >= 15 is 0 Å². The number of benzene rings is 2. The predicted octanol–water partition coefficient (Wildman–Crippen LogP) is 4.32. The van der Waals surface area contributed by atoms with Gasteiger partial charge in [-0.3, -0.25) is 4.79 Å². The molecule has 0 bridgehead atoms. The molecule has 0 amide bonds. The fourth-order valence-electron chi connectivity index (χ4n) is 3.67. The molecule has 0 aliphatic carbocycles. The van der Waals surface area contributed by atoms with Gasteiger partial charge in [0.05, 0.1) is 34.3 Å². The maximum atomic E-state index is 13.5. The first-order valence-electron chi connectivity index (χ1n) is 9.80. The first-order valence-corrected chi connectivity index (χ1v) is 10.6. The quantitative estimate of drug-likeness (QED) is 0.430. The highest BCUT2D eigenvalue weighted by molar-refractivity contribution is 6.42. The van der Waals surface area contributed by atoms with Crippen molar-refractivity contribution in [1.29, 1.82) is 0 Å². The molecule has 30 heavy (non-hydrogen) atoms. The maximum absolute atomic E-state index is 13.5. The number of nitrogens with zero attached hydrogens (tertiary/aromatic N) is 3. The van der Waals surface area contributed by atoms with Gasteiger partial charge in [-0.1, -0.05) is 41.4 Å². The van der Waals surface area contributed by atoms with Gasteiger partial charge in [0.25, 0.3) is 5.56 Å². The summed E-state index contributed by atoms with van der Waals surface area (Å²) in [4.78, 5) is 18.2. The average Bonchev–Trinajstić information content (AvgIpc) is 3.12. The molecule has 2 aromatic carbocycles. The largest absolute Gasteiger partial charge is 0.378 e. The van der Waals surface area contributed by atoms with E-state index in [0.717, 1.165) is 23.0 Å². The zero-order valence-electron chi connectivity index (χ0n) is 16.6. The molecule has 0 atom stereocenters. The minimum Gasteiger partial charge on any atom is -0.378 e. The Balaban J connectivity index is 1.96. The van der Waals surface area contributed by atoms with Crippen LogP contribution in [-0.2, 0) is 17.8 Å². The van der Waals surface area contributed by atoms with E-state index in [2.05, 4.69) is 11.5 Å². The first-order chi connectivity index (χ1) is 14.5. The lowest BCUT2D eigenvalue weighted by molar-refractivity contribution is 0.133. The molecule has 2 aromatic heterocycles. The molecule has 0 saturated heterocycles. The number of para-hydroxylation sites is 1. The van der Waals surface area contributed by atoms with E-state index in [1.54, 1.807) is 16.7 Å². The SMILES string of the molecule is CCn1cc(-c2nc3cc(Cl)c(Cl)cc3n(CCOCCN)c2=O)c2ccccc21. The van der Waals surface area contributed by atoms with Gasteiger partial charge in [0.15, 0.2) is 0 Å². The van der Waals surface area contributed by atoms with E-state index in [4.69, 9.17) is 38.7 Å². The van der Waals surface area contributed by atoms with Crippen LogP contribution in [0.5, 0.6) is 0 Å². The lowest BCUT2D eigenvalue weighted by Gasteiger charge is -2.13. The number of fused-ring (bicyclic) bond motifs is 2. The molecule has 156 valence electrons. The van der Waals surface area contributed by atoms with Crippen LogP contribution in [0.1, 0.15) is 6.92 Å². The zero-order chi connectivity index (χ0) is 21.3. The van der Waals surface area contributed by atoms with Crippen molar-refractivity contribution in [1.82, 2.24) is 14.1 Å². The summed E-state index contributed by atoms with van der Waals surface area (Å²) >= 11 is 12.5. The second-order valence-corrected chi connectivity index (χ2v) is 7.73. The van der Waals surface area contributed by atoms with Crippen LogP contribution in [0.4, 0.5) is 0 Å². The molecule has 0 aliphatic rings. The summed E-state index contributed by atoms with van der Waals surface area (Å²) in [5.41, 5.74) is 8.75. The average molecular weight is 445 g/mol. The van der Waals surface area contributed by atoms with Gasteiger partial charge >= 0.3 is 0 Å². The van der Waals surface area contributed by atoms with Gasteiger partial charge in [-0.15, -0.1) is 0 Å². The van der Waals surface area contributed by atoms with Crippen LogP contribution in [0.3, 0.4) is 0 Å². The molecule has 0 radical (unpaired) electrons. The van der Waals surface area contributed by atoms with Crippen molar-refractivity contribution >= 4 is 45.1 Å². The van der Waals surface area contributed by atoms with Gasteiger partial charge in [0, 0.05) is 42.3 Å². The number of rotatable bonds is 7. The highest BCUT2D eigenvalue weighted by Crippen LogP contribution is 2.31. The van der Waals surface area contributed by atoms with Gasteiger partial charge in [0.1, 0.15) is 5.69 Å². The smallest absolute Gasteiger partial charge is 0.277 e. The summed E-state index contributed by atoms with van der Waals surface area (Å²) in [5.74, 6) is 0. The van der Waals surface area contributed by atoms with Crippen molar-refractivity contribution in [2.75, 3.05) is 19.8 Å². The number of halogens is 2. The van der Waals surface area contributed by atoms with E-state index in [1.165, 1.54) is 0 Å². The lowest BCUT2D eigenvalue weighted by atomic mass is 10.1. The number of aryl methyl sites for hydroxylation is 1. The van der Waals surface area contributed by atoms with Crippen molar-refractivity contribution in [3.8, 4) is 11.3 Å². The van der Waals surface area contributed by atoms with Crippen LogP contribution >= 0.6 is 23.2 Å². The van der Waals surface area contributed by atoms with Gasteiger partial charge in [-0.05, 0) is 25.1 Å². The predicted molar refractivity (Wildman–Crippen MR) is 123 cm³/mol. The fourth-order valence-corrected chi connectivity index (χ4v) is 3.99. The molecular formula is C22H22Cl2N4O2. The Morgan fingerprint density at radius 1 is 1.10 bits per heavy atom. The van der Waals surface area contributed by atoms with Gasteiger partial charge in [0.2, 0.25) is 0 Å². The molecule has 4 rings (SSSR count). The van der Waals surface area contributed by atoms with Gasteiger partial charge in [-0.25, -0.2) is 4.98 Å². The number of aromatic nitrogens is 3. The van der Waals surface area contributed by atoms with Crippen LogP contribution in [-0.4, -0.2) is 33.9 Å². The standard InChI is InChI=1S/C22H22Cl2N4O2/c1-2-27-13-15(14-5-3-4-6-19(14)27)21-22(29)28(8-10-30-9-7-25)20-12-17(24)16(23)11-18(20)26-21/h3-6,11-13H,2,7-10,25H2,1H3. The Hall–Kier alpha value is -2.38. The van der Waals surface area contributed by atoms with Crippen molar-refractivity contribution in [3.05, 3.63) is 63.0 Å². The number of ether oxygens (including phenoxy) is 1. The highest BCUT2D eigenvalue weighted by Gasteiger charge is 2.18. The molecule has 8 heteroatoms. The summed E-state index contributed by atoms with van der Waals surface area (Å²) in [5, 5.41) is 1.75. The molecule has 2 heterocycles. The molecule has 0 spiro atoms. The lowest BCUT2D eigenvalue weighted by Crippen LogP contribution is -2.26. The fraction of sp³-hybridized carbons (Fsp3) is 0.273. The number of hydrogen-bond acceptors (Lipinski definition) is 4. The second kappa shape index (κ2) is 8.78. The van der Waals surface area contributed by atoms with Crippen LogP contribution in [0.2, 0.25) is 10.0 Å². The third-order valence-electron chi connectivity index (χ3n) is 5.09. The van der Waals surface area contributed by atoms with Crippen LogP contribution in [0.15, 0.2) is 47.4 Å². The third-order valence-corrected chi connectivity index (χ3v) is 5.82. The molecule has 0 unspecified atom stereocenters. The minimum atomic E-state index is -0.198. The van der Waals surface area contributed by atoms with Crippen LogP contribution in [0.25, 0.3) is 33.2 Å².